The minimum atomic E-state index is 1.24. The summed E-state index contributed by atoms with van der Waals surface area (Å²) in [7, 11) is 2.21. The number of hydrogen-bond acceptors (Lipinski definition) is 1. The first kappa shape index (κ1) is 7.80. The van der Waals surface area contributed by atoms with Crippen molar-refractivity contribution in [2.75, 3.05) is 20.1 Å². The maximum absolute atomic E-state index is 2.41. The van der Waals surface area contributed by atoms with Gasteiger partial charge in [-0.25, -0.2) is 0 Å². The Morgan fingerprint density at radius 3 is 3.00 bits per heavy atom. The normalized spacial score (nSPS) is 23.2. The van der Waals surface area contributed by atoms with Crippen molar-refractivity contribution in [3.63, 3.8) is 0 Å². The molecular formula is C9H17N. The summed E-state index contributed by atoms with van der Waals surface area (Å²) < 4.78 is 0. The van der Waals surface area contributed by atoms with E-state index in [-0.39, 0.29) is 0 Å². The summed E-state index contributed by atoms with van der Waals surface area (Å²) in [4.78, 5) is 2.41. The highest BCUT2D eigenvalue weighted by molar-refractivity contribution is 4.99. The maximum Gasteiger partial charge on any atom is 0.00154 e. The lowest BCUT2D eigenvalue weighted by atomic mass is 10.1. The minimum Gasteiger partial charge on any atom is -0.306 e. The standard InChI is InChI=1S/C9H17N/c1-9-5-3-4-7-10(2)8-6-9/h5H,3-4,6-8H2,1-2H3. The molecule has 0 amide bonds. The van der Waals surface area contributed by atoms with E-state index in [2.05, 4.69) is 24.9 Å². The monoisotopic (exact) mass is 139 g/mol. The Balaban J connectivity index is 2.39. The molecule has 0 unspecified atom stereocenters. The number of allylic oxidation sites excluding steroid dienone is 1. The van der Waals surface area contributed by atoms with Gasteiger partial charge in [-0.3, -0.25) is 0 Å². The van der Waals surface area contributed by atoms with Crippen LogP contribution in [0.4, 0.5) is 0 Å². The summed E-state index contributed by atoms with van der Waals surface area (Å²) in [5, 5.41) is 0. The van der Waals surface area contributed by atoms with Crippen LogP contribution in [0.1, 0.15) is 26.2 Å². The smallest absolute Gasteiger partial charge is 0.00154 e. The second-order valence-corrected chi connectivity index (χ2v) is 3.25. The fourth-order valence-corrected chi connectivity index (χ4v) is 1.29. The van der Waals surface area contributed by atoms with Gasteiger partial charge in [0.15, 0.2) is 0 Å². The topological polar surface area (TPSA) is 3.24 Å². The van der Waals surface area contributed by atoms with Gasteiger partial charge in [-0.2, -0.15) is 0 Å². The predicted octanol–water partition coefficient (Wildman–Crippen LogP) is 2.05. The zero-order valence-electron chi connectivity index (χ0n) is 7.06. The summed E-state index contributed by atoms with van der Waals surface area (Å²) >= 11 is 0. The molecule has 0 saturated carbocycles. The number of rotatable bonds is 0. The Kier molecular flexibility index (Phi) is 2.94. The van der Waals surface area contributed by atoms with E-state index in [1.807, 2.05) is 0 Å². The molecule has 1 aliphatic heterocycles. The molecule has 10 heavy (non-hydrogen) atoms. The van der Waals surface area contributed by atoms with E-state index in [1.165, 1.54) is 32.4 Å². The van der Waals surface area contributed by atoms with Crippen molar-refractivity contribution >= 4 is 0 Å². The van der Waals surface area contributed by atoms with Crippen LogP contribution in [0.3, 0.4) is 0 Å². The molecule has 0 aromatic heterocycles. The fourth-order valence-electron chi connectivity index (χ4n) is 1.29. The molecule has 0 spiro atoms. The molecule has 1 rings (SSSR count). The van der Waals surface area contributed by atoms with Crippen molar-refractivity contribution in [3.8, 4) is 0 Å². The molecular weight excluding hydrogens is 122 g/mol. The van der Waals surface area contributed by atoms with Crippen molar-refractivity contribution in [1.82, 2.24) is 4.90 Å². The molecule has 1 nitrogen and oxygen atoms in total. The lowest BCUT2D eigenvalue weighted by Gasteiger charge is -2.18. The third-order valence-electron chi connectivity index (χ3n) is 2.12. The molecule has 0 fully saturated rings. The predicted molar refractivity (Wildman–Crippen MR) is 45.1 cm³/mol. The van der Waals surface area contributed by atoms with Crippen LogP contribution < -0.4 is 0 Å². The first-order valence-electron chi connectivity index (χ1n) is 4.13. The second kappa shape index (κ2) is 3.77. The first-order chi connectivity index (χ1) is 4.79. The molecule has 0 N–H and O–H groups in total. The van der Waals surface area contributed by atoms with Gasteiger partial charge in [0, 0.05) is 6.54 Å². The quantitative estimate of drug-likeness (QED) is 0.464. The highest BCUT2D eigenvalue weighted by Crippen LogP contribution is 2.08. The number of nitrogens with zero attached hydrogens (tertiary/aromatic N) is 1. The summed E-state index contributed by atoms with van der Waals surface area (Å²) in [5.74, 6) is 0. The Labute approximate surface area is 63.7 Å². The van der Waals surface area contributed by atoms with Crippen LogP contribution in [-0.2, 0) is 0 Å². The van der Waals surface area contributed by atoms with E-state index in [0.29, 0.717) is 0 Å². The zero-order chi connectivity index (χ0) is 7.40. The van der Waals surface area contributed by atoms with Gasteiger partial charge in [0.1, 0.15) is 0 Å². The van der Waals surface area contributed by atoms with Crippen LogP contribution in [-0.4, -0.2) is 25.0 Å². The van der Waals surface area contributed by atoms with Crippen molar-refractivity contribution in [2.24, 2.45) is 0 Å². The average molecular weight is 139 g/mol. The summed E-state index contributed by atoms with van der Waals surface area (Å²) in [5.41, 5.74) is 1.56. The molecule has 0 bridgehead atoms. The Bertz CT molecular complexity index is 127. The molecule has 1 heterocycles. The van der Waals surface area contributed by atoms with Gasteiger partial charge < -0.3 is 4.90 Å². The summed E-state index contributed by atoms with van der Waals surface area (Å²) in [6, 6.07) is 0. The van der Waals surface area contributed by atoms with Gasteiger partial charge in [-0.1, -0.05) is 11.6 Å². The molecule has 0 saturated heterocycles. The fraction of sp³-hybridized carbons (Fsp3) is 0.778. The summed E-state index contributed by atoms with van der Waals surface area (Å²) in [6.45, 7) is 4.74. The highest BCUT2D eigenvalue weighted by Gasteiger charge is 2.01. The lowest BCUT2D eigenvalue weighted by molar-refractivity contribution is 0.329. The second-order valence-electron chi connectivity index (χ2n) is 3.25. The lowest BCUT2D eigenvalue weighted by Crippen LogP contribution is -2.22. The van der Waals surface area contributed by atoms with Crippen LogP contribution in [0.15, 0.2) is 11.6 Å². The molecule has 0 atom stereocenters. The van der Waals surface area contributed by atoms with Gasteiger partial charge in [0.25, 0.3) is 0 Å². The van der Waals surface area contributed by atoms with Crippen LogP contribution >= 0.6 is 0 Å². The molecule has 0 aliphatic carbocycles. The minimum absolute atomic E-state index is 1.24. The largest absolute Gasteiger partial charge is 0.306 e. The Hall–Kier alpha value is -0.300. The van der Waals surface area contributed by atoms with Crippen molar-refractivity contribution in [3.05, 3.63) is 11.6 Å². The molecule has 58 valence electrons. The van der Waals surface area contributed by atoms with Gasteiger partial charge in [0.05, 0.1) is 0 Å². The van der Waals surface area contributed by atoms with Crippen LogP contribution in [0.2, 0.25) is 0 Å². The highest BCUT2D eigenvalue weighted by atomic mass is 15.1. The van der Waals surface area contributed by atoms with Gasteiger partial charge in [0.2, 0.25) is 0 Å². The van der Waals surface area contributed by atoms with Crippen molar-refractivity contribution in [2.45, 2.75) is 26.2 Å². The van der Waals surface area contributed by atoms with Crippen LogP contribution in [0.5, 0.6) is 0 Å². The Morgan fingerprint density at radius 2 is 2.20 bits per heavy atom. The molecule has 0 radical (unpaired) electrons. The molecule has 1 heteroatoms. The van der Waals surface area contributed by atoms with E-state index in [4.69, 9.17) is 0 Å². The average Bonchev–Trinajstić information content (AvgIpc) is 1.90. The first-order valence-corrected chi connectivity index (χ1v) is 4.13. The molecule has 0 aromatic rings. The van der Waals surface area contributed by atoms with Gasteiger partial charge in [-0.15, -0.1) is 0 Å². The van der Waals surface area contributed by atoms with Crippen LogP contribution in [0.25, 0.3) is 0 Å². The maximum atomic E-state index is 2.41. The van der Waals surface area contributed by atoms with E-state index in [9.17, 15) is 0 Å². The zero-order valence-corrected chi connectivity index (χ0v) is 7.06. The molecule has 0 aromatic carbocycles. The van der Waals surface area contributed by atoms with Gasteiger partial charge in [-0.05, 0) is 39.8 Å². The third-order valence-corrected chi connectivity index (χ3v) is 2.12. The Morgan fingerprint density at radius 1 is 1.40 bits per heavy atom. The third kappa shape index (κ3) is 2.53. The number of hydrogen-bond donors (Lipinski definition) is 0. The van der Waals surface area contributed by atoms with Crippen molar-refractivity contribution < 1.29 is 0 Å². The van der Waals surface area contributed by atoms with Crippen molar-refractivity contribution in [1.29, 1.82) is 0 Å². The van der Waals surface area contributed by atoms with E-state index in [0.717, 1.165) is 0 Å². The summed E-state index contributed by atoms with van der Waals surface area (Å²) in [6.07, 6.45) is 6.24. The van der Waals surface area contributed by atoms with E-state index in [1.54, 1.807) is 5.57 Å². The van der Waals surface area contributed by atoms with E-state index >= 15 is 0 Å². The SMILES string of the molecule is CC1=CCCCN(C)CC1. The molecule has 1 aliphatic rings. The van der Waals surface area contributed by atoms with Gasteiger partial charge >= 0.3 is 0 Å². The van der Waals surface area contributed by atoms with E-state index < -0.39 is 0 Å². The van der Waals surface area contributed by atoms with Crippen LogP contribution in [0, 0.1) is 0 Å².